The van der Waals surface area contributed by atoms with Crippen LogP contribution in [-0.2, 0) is 4.79 Å². The van der Waals surface area contributed by atoms with Crippen molar-refractivity contribution in [3.8, 4) is 0 Å². The van der Waals surface area contributed by atoms with Gasteiger partial charge in [0.1, 0.15) is 6.54 Å². The number of hydrogen-bond acceptors (Lipinski definition) is 3. The van der Waals surface area contributed by atoms with Crippen LogP contribution < -0.4 is 10.6 Å². The Hall–Kier alpha value is -0.570. The number of carbonyl (C=O) groups excluding carboxylic acids is 1. The van der Waals surface area contributed by atoms with Gasteiger partial charge in [-0.3, -0.25) is 9.69 Å². The Bertz CT molecular complexity index is 489. The highest BCUT2D eigenvalue weighted by atomic mass is 127. The van der Waals surface area contributed by atoms with E-state index in [4.69, 9.17) is 0 Å². The number of amides is 1. The first-order valence-corrected chi connectivity index (χ1v) is 11.3. The second kappa shape index (κ2) is 12.9. The zero-order valence-corrected chi connectivity index (χ0v) is 20.0. The Morgan fingerprint density at radius 1 is 0.964 bits per heavy atom. The molecule has 0 bridgehead atoms. The summed E-state index contributed by atoms with van der Waals surface area (Å²) in [6, 6.07) is 0.602. The molecule has 1 unspecified atom stereocenters. The topological polar surface area (TPSA) is 60.0 Å². The molecule has 0 aromatic rings. The highest BCUT2D eigenvalue weighted by Crippen LogP contribution is 2.27. The van der Waals surface area contributed by atoms with Crippen molar-refractivity contribution in [3.05, 3.63) is 0 Å². The highest BCUT2D eigenvalue weighted by Gasteiger charge is 2.27. The van der Waals surface area contributed by atoms with E-state index in [0.717, 1.165) is 50.9 Å². The lowest BCUT2D eigenvalue weighted by Gasteiger charge is -2.31. The molecule has 2 saturated heterocycles. The minimum Gasteiger partial charge on any atom is -0.357 e. The fourth-order valence-electron chi connectivity index (χ4n) is 4.84. The number of carbonyl (C=O) groups is 1. The summed E-state index contributed by atoms with van der Waals surface area (Å²) in [5.41, 5.74) is 0. The Labute approximate surface area is 188 Å². The van der Waals surface area contributed by atoms with Gasteiger partial charge in [-0.1, -0.05) is 19.3 Å². The van der Waals surface area contributed by atoms with Crippen LogP contribution in [0.3, 0.4) is 0 Å². The van der Waals surface area contributed by atoms with E-state index in [-0.39, 0.29) is 36.4 Å². The van der Waals surface area contributed by atoms with Crippen molar-refractivity contribution in [3.63, 3.8) is 0 Å². The Balaban J connectivity index is 0.00000280. The molecule has 162 valence electrons. The summed E-state index contributed by atoms with van der Waals surface area (Å²) in [5, 5.41) is 6.80. The number of nitrogens with zero attached hydrogens (tertiary/aromatic N) is 3. The van der Waals surface area contributed by atoms with Gasteiger partial charge in [0.15, 0.2) is 5.96 Å². The SMILES string of the molecule is CCNC(=NCC(=O)N1CCCC1)NCC1CCCN1CC1CCCCC1.I. The summed E-state index contributed by atoms with van der Waals surface area (Å²) in [6.07, 6.45) is 11.9. The summed E-state index contributed by atoms with van der Waals surface area (Å²) in [7, 11) is 0. The molecular weight excluding hydrogens is 465 g/mol. The molecule has 3 rings (SSSR count). The van der Waals surface area contributed by atoms with E-state index in [1.807, 2.05) is 4.90 Å². The molecule has 6 nitrogen and oxygen atoms in total. The van der Waals surface area contributed by atoms with Gasteiger partial charge in [-0.05, 0) is 57.9 Å². The van der Waals surface area contributed by atoms with Crippen LogP contribution >= 0.6 is 24.0 Å². The summed E-state index contributed by atoms with van der Waals surface area (Å²) in [4.78, 5) is 21.4. The summed E-state index contributed by atoms with van der Waals surface area (Å²) in [6.45, 7) is 8.39. The Morgan fingerprint density at radius 2 is 1.71 bits per heavy atom. The van der Waals surface area contributed by atoms with Crippen molar-refractivity contribution in [2.45, 2.75) is 70.8 Å². The fraction of sp³-hybridized carbons (Fsp3) is 0.905. The van der Waals surface area contributed by atoms with Crippen molar-refractivity contribution < 1.29 is 4.79 Å². The van der Waals surface area contributed by atoms with E-state index in [1.165, 1.54) is 58.0 Å². The van der Waals surface area contributed by atoms with E-state index < -0.39 is 0 Å². The molecule has 1 aliphatic carbocycles. The largest absolute Gasteiger partial charge is 0.357 e. The molecule has 3 fully saturated rings. The highest BCUT2D eigenvalue weighted by molar-refractivity contribution is 14.0. The lowest BCUT2D eigenvalue weighted by Crippen LogP contribution is -2.46. The predicted octanol–water partition coefficient (Wildman–Crippen LogP) is 2.83. The first-order valence-electron chi connectivity index (χ1n) is 11.3. The van der Waals surface area contributed by atoms with E-state index in [9.17, 15) is 4.79 Å². The Morgan fingerprint density at radius 3 is 2.43 bits per heavy atom. The van der Waals surface area contributed by atoms with Gasteiger partial charge in [0.05, 0.1) is 0 Å². The third-order valence-corrected chi connectivity index (χ3v) is 6.40. The molecule has 2 heterocycles. The van der Waals surface area contributed by atoms with Gasteiger partial charge in [0, 0.05) is 38.8 Å². The number of guanidine groups is 1. The van der Waals surface area contributed by atoms with Crippen LogP contribution in [-0.4, -0.2) is 73.5 Å². The average Bonchev–Trinajstić information content (AvgIpc) is 3.37. The minimum atomic E-state index is 0. The molecule has 1 saturated carbocycles. The van der Waals surface area contributed by atoms with Crippen LogP contribution in [0.5, 0.6) is 0 Å². The zero-order valence-electron chi connectivity index (χ0n) is 17.6. The minimum absolute atomic E-state index is 0. The van der Waals surface area contributed by atoms with Gasteiger partial charge >= 0.3 is 0 Å². The second-order valence-corrected chi connectivity index (χ2v) is 8.46. The fourth-order valence-corrected chi connectivity index (χ4v) is 4.84. The first-order chi connectivity index (χ1) is 13.3. The van der Waals surface area contributed by atoms with Gasteiger partial charge in [-0.15, -0.1) is 24.0 Å². The summed E-state index contributed by atoms with van der Waals surface area (Å²) < 4.78 is 0. The Kier molecular flexibility index (Phi) is 10.9. The molecule has 0 spiro atoms. The molecule has 0 aromatic carbocycles. The van der Waals surface area contributed by atoms with Gasteiger partial charge in [0.2, 0.25) is 5.91 Å². The van der Waals surface area contributed by atoms with Crippen LogP contribution in [0.1, 0.15) is 64.7 Å². The maximum atomic E-state index is 12.2. The quantitative estimate of drug-likeness (QED) is 0.318. The molecule has 1 amide bonds. The van der Waals surface area contributed by atoms with Gasteiger partial charge in [0.25, 0.3) is 0 Å². The number of likely N-dealkylation sites (tertiary alicyclic amines) is 2. The number of aliphatic imine (C=N–C) groups is 1. The zero-order chi connectivity index (χ0) is 18.9. The van der Waals surface area contributed by atoms with Gasteiger partial charge in [-0.2, -0.15) is 0 Å². The van der Waals surface area contributed by atoms with Gasteiger partial charge < -0.3 is 15.5 Å². The maximum Gasteiger partial charge on any atom is 0.244 e. The van der Waals surface area contributed by atoms with E-state index in [0.29, 0.717) is 6.04 Å². The number of hydrogen-bond donors (Lipinski definition) is 2. The average molecular weight is 505 g/mol. The standard InChI is InChI=1S/C21H39N5O.HI/c1-2-22-21(24-16-20(27)25-12-6-7-13-25)23-15-19-11-8-14-26(19)17-18-9-4-3-5-10-18;/h18-19H,2-17H2,1H3,(H2,22,23,24);1H. The number of rotatable bonds is 7. The van der Waals surface area contributed by atoms with Crippen molar-refractivity contribution in [1.29, 1.82) is 0 Å². The molecule has 0 aromatic heterocycles. The number of halogens is 1. The normalized spacial score (nSPS) is 24.2. The van der Waals surface area contributed by atoms with Crippen LogP contribution in [0.2, 0.25) is 0 Å². The molecule has 1 atom stereocenters. The van der Waals surface area contributed by atoms with Crippen molar-refractivity contribution >= 4 is 35.8 Å². The number of nitrogens with one attached hydrogen (secondary N) is 2. The predicted molar refractivity (Wildman–Crippen MR) is 126 cm³/mol. The molecule has 2 N–H and O–H groups in total. The van der Waals surface area contributed by atoms with E-state index in [1.54, 1.807) is 0 Å². The lowest BCUT2D eigenvalue weighted by atomic mass is 9.89. The molecule has 2 aliphatic heterocycles. The van der Waals surface area contributed by atoms with E-state index >= 15 is 0 Å². The van der Waals surface area contributed by atoms with Crippen molar-refractivity contribution in [2.75, 3.05) is 45.8 Å². The molecule has 3 aliphatic rings. The van der Waals surface area contributed by atoms with Crippen LogP contribution in [0.25, 0.3) is 0 Å². The molecule has 0 radical (unpaired) electrons. The third-order valence-electron chi connectivity index (χ3n) is 6.40. The molecule has 7 heteroatoms. The first kappa shape index (κ1) is 23.7. The second-order valence-electron chi connectivity index (χ2n) is 8.46. The third kappa shape index (κ3) is 7.35. The van der Waals surface area contributed by atoms with Crippen molar-refractivity contribution in [1.82, 2.24) is 20.4 Å². The lowest BCUT2D eigenvalue weighted by molar-refractivity contribution is -0.128. The molecular formula is C21H40IN5O. The maximum absolute atomic E-state index is 12.2. The van der Waals surface area contributed by atoms with Crippen LogP contribution in [0.15, 0.2) is 4.99 Å². The summed E-state index contributed by atoms with van der Waals surface area (Å²) in [5.74, 6) is 1.85. The van der Waals surface area contributed by atoms with Crippen LogP contribution in [0, 0.1) is 5.92 Å². The van der Waals surface area contributed by atoms with Gasteiger partial charge in [-0.25, -0.2) is 4.99 Å². The van der Waals surface area contributed by atoms with E-state index in [2.05, 4.69) is 27.4 Å². The monoisotopic (exact) mass is 505 g/mol. The molecule has 28 heavy (non-hydrogen) atoms. The van der Waals surface area contributed by atoms with Crippen molar-refractivity contribution in [2.24, 2.45) is 10.9 Å². The van der Waals surface area contributed by atoms with Crippen LogP contribution in [0.4, 0.5) is 0 Å². The summed E-state index contributed by atoms with van der Waals surface area (Å²) >= 11 is 0. The smallest absolute Gasteiger partial charge is 0.244 e.